The molecular weight excluding hydrogens is 254 g/mol. The highest BCUT2D eigenvalue weighted by Gasteiger charge is 2.07. The van der Waals surface area contributed by atoms with Crippen LogP contribution in [0.5, 0.6) is 5.75 Å². The van der Waals surface area contributed by atoms with E-state index in [0.29, 0.717) is 13.1 Å². The molecule has 0 saturated heterocycles. The Labute approximate surface area is 119 Å². The Balaban J connectivity index is 1.68. The minimum Gasteiger partial charge on any atom is -0.491 e. The fourth-order valence-electron chi connectivity index (χ4n) is 1.89. The van der Waals surface area contributed by atoms with Crippen molar-refractivity contribution >= 4 is 0 Å². The number of benzene rings is 1. The zero-order valence-electron chi connectivity index (χ0n) is 11.9. The zero-order valence-corrected chi connectivity index (χ0v) is 11.9. The molecule has 0 aliphatic rings. The van der Waals surface area contributed by atoms with Gasteiger partial charge in [0, 0.05) is 6.54 Å². The summed E-state index contributed by atoms with van der Waals surface area (Å²) in [6.07, 6.45) is 1.12. The van der Waals surface area contributed by atoms with Crippen molar-refractivity contribution in [3.63, 3.8) is 0 Å². The van der Waals surface area contributed by atoms with Gasteiger partial charge in [-0.3, -0.25) is 0 Å². The van der Waals surface area contributed by atoms with Crippen molar-refractivity contribution in [3.05, 3.63) is 53.5 Å². The number of ether oxygens (including phenoxy) is 1. The Bertz CT molecular complexity index is 536. The molecule has 0 bridgehead atoms. The standard InChI is InChI=1S/C16H21NO3/c1-12-4-3-5-15(8-12)20-11-14(18)9-17-10-16-13(2)6-7-19-16/h3-8,14,17-18H,9-11H2,1-2H3. The Morgan fingerprint density at radius 3 is 2.85 bits per heavy atom. The van der Waals surface area contributed by atoms with Crippen LogP contribution in [0.2, 0.25) is 0 Å². The van der Waals surface area contributed by atoms with Gasteiger partial charge in [-0.1, -0.05) is 12.1 Å². The van der Waals surface area contributed by atoms with Gasteiger partial charge < -0.3 is 19.6 Å². The van der Waals surface area contributed by atoms with Gasteiger partial charge in [-0.15, -0.1) is 0 Å². The van der Waals surface area contributed by atoms with Crippen LogP contribution in [-0.2, 0) is 6.54 Å². The molecule has 0 amide bonds. The van der Waals surface area contributed by atoms with E-state index < -0.39 is 6.10 Å². The number of rotatable bonds is 7. The average molecular weight is 275 g/mol. The van der Waals surface area contributed by atoms with Gasteiger partial charge in [0.05, 0.1) is 12.8 Å². The molecule has 2 N–H and O–H groups in total. The summed E-state index contributed by atoms with van der Waals surface area (Å²) in [6, 6.07) is 9.71. The topological polar surface area (TPSA) is 54.6 Å². The number of hydrogen-bond acceptors (Lipinski definition) is 4. The predicted molar refractivity (Wildman–Crippen MR) is 77.8 cm³/mol. The molecule has 0 spiro atoms. The average Bonchev–Trinajstić information content (AvgIpc) is 2.82. The zero-order chi connectivity index (χ0) is 14.4. The monoisotopic (exact) mass is 275 g/mol. The highest BCUT2D eigenvalue weighted by molar-refractivity contribution is 5.27. The van der Waals surface area contributed by atoms with Crippen molar-refractivity contribution in [1.82, 2.24) is 5.32 Å². The summed E-state index contributed by atoms with van der Waals surface area (Å²) in [5.74, 6) is 1.68. The van der Waals surface area contributed by atoms with E-state index in [-0.39, 0.29) is 6.61 Å². The van der Waals surface area contributed by atoms with Crippen molar-refractivity contribution in [2.24, 2.45) is 0 Å². The van der Waals surface area contributed by atoms with Crippen LogP contribution in [0.1, 0.15) is 16.9 Å². The maximum absolute atomic E-state index is 9.86. The van der Waals surface area contributed by atoms with Crippen LogP contribution in [0.25, 0.3) is 0 Å². The van der Waals surface area contributed by atoms with E-state index in [1.165, 1.54) is 0 Å². The summed E-state index contributed by atoms with van der Waals surface area (Å²) < 4.78 is 10.9. The quantitative estimate of drug-likeness (QED) is 0.815. The second-order valence-electron chi connectivity index (χ2n) is 4.94. The molecule has 0 fully saturated rings. The number of hydrogen-bond donors (Lipinski definition) is 2. The van der Waals surface area contributed by atoms with Crippen LogP contribution >= 0.6 is 0 Å². The van der Waals surface area contributed by atoms with E-state index in [9.17, 15) is 5.11 Å². The van der Waals surface area contributed by atoms with Crippen LogP contribution in [0, 0.1) is 13.8 Å². The molecule has 2 rings (SSSR count). The number of nitrogens with one attached hydrogen (secondary N) is 1. The first-order valence-corrected chi connectivity index (χ1v) is 6.76. The summed E-state index contributed by atoms with van der Waals surface area (Å²) in [5, 5.41) is 13.0. The molecule has 1 atom stereocenters. The number of aliphatic hydroxyl groups excluding tert-OH is 1. The molecule has 0 aliphatic heterocycles. The van der Waals surface area contributed by atoms with E-state index in [1.54, 1.807) is 6.26 Å². The van der Waals surface area contributed by atoms with Crippen molar-refractivity contribution in [2.75, 3.05) is 13.2 Å². The first kappa shape index (κ1) is 14.6. The molecule has 0 saturated carbocycles. The van der Waals surface area contributed by atoms with E-state index in [4.69, 9.17) is 9.15 Å². The summed E-state index contributed by atoms with van der Waals surface area (Å²) in [5.41, 5.74) is 2.26. The predicted octanol–water partition coefficient (Wildman–Crippen LogP) is 2.43. The third kappa shape index (κ3) is 4.40. The van der Waals surface area contributed by atoms with Crippen LogP contribution in [0.15, 0.2) is 41.0 Å². The molecule has 1 unspecified atom stereocenters. The summed E-state index contributed by atoms with van der Waals surface area (Å²) in [6.45, 7) is 5.36. The van der Waals surface area contributed by atoms with Gasteiger partial charge in [-0.2, -0.15) is 0 Å². The van der Waals surface area contributed by atoms with E-state index >= 15 is 0 Å². The largest absolute Gasteiger partial charge is 0.491 e. The van der Waals surface area contributed by atoms with Gasteiger partial charge in [0.25, 0.3) is 0 Å². The van der Waals surface area contributed by atoms with Crippen LogP contribution in [0.3, 0.4) is 0 Å². The Hall–Kier alpha value is -1.78. The normalized spacial score (nSPS) is 12.3. The number of aliphatic hydroxyl groups is 1. The molecule has 4 nitrogen and oxygen atoms in total. The van der Waals surface area contributed by atoms with Crippen LogP contribution in [0.4, 0.5) is 0 Å². The second kappa shape index (κ2) is 7.12. The SMILES string of the molecule is Cc1cccc(OCC(O)CNCc2occc2C)c1. The lowest BCUT2D eigenvalue weighted by Crippen LogP contribution is -2.31. The molecule has 1 aromatic heterocycles. The summed E-state index contributed by atoms with van der Waals surface area (Å²) in [7, 11) is 0. The van der Waals surface area contributed by atoms with E-state index in [0.717, 1.165) is 22.6 Å². The first-order valence-electron chi connectivity index (χ1n) is 6.76. The first-order chi connectivity index (χ1) is 9.65. The highest BCUT2D eigenvalue weighted by atomic mass is 16.5. The Kier molecular flexibility index (Phi) is 5.21. The van der Waals surface area contributed by atoms with Gasteiger partial charge in [0.15, 0.2) is 0 Å². The Morgan fingerprint density at radius 1 is 1.30 bits per heavy atom. The van der Waals surface area contributed by atoms with Crippen molar-refractivity contribution in [3.8, 4) is 5.75 Å². The number of furan rings is 1. The van der Waals surface area contributed by atoms with E-state index in [1.807, 2.05) is 44.2 Å². The van der Waals surface area contributed by atoms with Crippen molar-refractivity contribution < 1.29 is 14.3 Å². The minimum atomic E-state index is -0.550. The molecule has 1 heterocycles. The van der Waals surface area contributed by atoms with Gasteiger partial charge >= 0.3 is 0 Å². The lowest BCUT2D eigenvalue weighted by molar-refractivity contribution is 0.105. The smallest absolute Gasteiger partial charge is 0.120 e. The van der Waals surface area contributed by atoms with Gasteiger partial charge in [-0.05, 0) is 43.2 Å². The molecular formula is C16H21NO3. The van der Waals surface area contributed by atoms with Crippen LogP contribution < -0.4 is 10.1 Å². The van der Waals surface area contributed by atoms with Crippen LogP contribution in [-0.4, -0.2) is 24.4 Å². The summed E-state index contributed by atoms with van der Waals surface area (Å²) >= 11 is 0. The van der Waals surface area contributed by atoms with Crippen molar-refractivity contribution in [2.45, 2.75) is 26.5 Å². The molecule has 108 valence electrons. The maximum atomic E-state index is 9.86. The molecule has 4 heteroatoms. The van der Waals surface area contributed by atoms with Gasteiger partial charge in [0.1, 0.15) is 24.2 Å². The molecule has 20 heavy (non-hydrogen) atoms. The fraction of sp³-hybridized carbons (Fsp3) is 0.375. The minimum absolute atomic E-state index is 0.271. The van der Waals surface area contributed by atoms with E-state index in [2.05, 4.69) is 5.32 Å². The molecule has 1 aromatic carbocycles. The van der Waals surface area contributed by atoms with Gasteiger partial charge in [-0.25, -0.2) is 0 Å². The molecule has 0 aliphatic carbocycles. The Morgan fingerprint density at radius 2 is 2.15 bits per heavy atom. The fourth-order valence-corrected chi connectivity index (χ4v) is 1.89. The molecule has 0 radical (unpaired) electrons. The second-order valence-corrected chi connectivity index (χ2v) is 4.94. The highest BCUT2D eigenvalue weighted by Crippen LogP contribution is 2.12. The lowest BCUT2D eigenvalue weighted by atomic mass is 10.2. The molecule has 2 aromatic rings. The van der Waals surface area contributed by atoms with Crippen molar-refractivity contribution in [1.29, 1.82) is 0 Å². The number of aryl methyl sites for hydroxylation is 2. The third-order valence-corrected chi connectivity index (χ3v) is 3.07. The maximum Gasteiger partial charge on any atom is 0.120 e. The third-order valence-electron chi connectivity index (χ3n) is 3.07. The lowest BCUT2D eigenvalue weighted by Gasteiger charge is -2.13. The van der Waals surface area contributed by atoms with Gasteiger partial charge in [0.2, 0.25) is 0 Å². The summed E-state index contributed by atoms with van der Waals surface area (Å²) in [4.78, 5) is 0.